The minimum absolute atomic E-state index is 0.0740. The van der Waals surface area contributed by atoms with Crippen LogP contribution in [0.5, 0.6) is 0 Å². The average Bonchev–Trinajstić information content (AvgIpc) is 3.24. The van der Waals surface area contributed by atoms with Crippen molar-refractivity contribution < 1.29 is 9.59 Å². The Morgan fingerprint density at radius 2 is 1.97 bits per heavy atom. The van der Waals surface area contributed by atoms with Gasteiger partial charge in [0.1, 0.15) is 0 Å². The highest BCUT2D eigenvalue weighted by atomic mass is 16.2. The van der Waals surface area contributed by atoms with Crippen molar-refractivity contribution >= 4 is 28.7 Å². The van der Waals surface area contributed by atoms with E-state index in [9.17, 15) is 9.59 Å². The highest BCUT2D eigenvalue weighted by molar-refractivity contribution is 6.03. The van der Waals surface area contributed by atoms with E-state index in [1.165, 1.54) is 4.90 Å². The maximum Gasteiger partial charge on any atom is 0.328 e. The summed E-state index contributed by atoms with van der Waals surface area (Å²) in [4.78, 5) is 43.7. The predicted octanol–water partition coefficient (Wildman–Crippen LogP) is 2.38. The number of piperidine rings is 1. The molecule has 0 radical (unpaired) electrons. The molecule has 2 fully saturated rings. The molecule has 2 aromatic rings. The summed E-state index contributed by atoms with van der Waals surface area (Å²) in [7, 11) is 1.72. The number of pyridine rings is 1. The molecule has 1 aromatic carbocycles. The number of allylic oxidation sites excluding steroid dienone is 1. The smallest absolute Gasteiger partial charge is 0.328 e. The number of hydrogen-bond donors (Lipinski definition) is 1. The zero-order valence-electron chi connectivity index (χ0n) is 20.6. The number of likely N-dealkylation sites (N-methyl/N-ethyl adjacent to an activating group) is 1. The molecule has 1 aromatic heterocycles. The van der Waals surface area contributed by atoms with Crippen LogP contribution >= 0.6 is 0 Å². The van der Waals surface area contributed by atoms with E-state index < -0.39 is 12.2 Å². The van der Waals surface area contributed by atoms with Crippen LogP contribution in [0.3, 0.4) is 0 Å². The molecule has 0 spiro atoms. The minimum atomic E-state index is -0.582. The third kappa shape index (κ3) is 4.36. The first-order chi connectivity index (χ1) is 16.8. The van der Waals surface area contributed by atoms with Gasteiger partial charge in [0.2, 0.25) is 0 Å². The number of benzene rings is 1. The molecule has 3 atom stereocenters. The molecule has 9 heteroatoms. The number of carbonyl (C=O) groups excluding carboxylic acids is 2. The molecule has 35 heavy (non-hydrogen) atoms. The number of imide groups is 1. The Labute approximate surface area is 205 Å². The molecule has 4 heterocycles. The van der Waals surface area contributed by atoms with Crippen LogP contribution < -0.4 is 5.73 Å². The largest absolute Gasteiger partial charge is 0.341 e. The topological polar surface area (TPSA) is 98.4 Å². The number of amides is 3. The van der Waals surface area contributed by atoms with Gasteiger partial charge < -0.3 is 20.4 Å². The maximum absolute atomic E-state index is 13.9. The van der Waals surface area contributed by atoms with E-state index in [2.05, 4.69) is 16.0 Å². The number of fused-ring (bicyclic) bond motifs is 2. The Hall–Kier alpha value is -3.46. The molecule has 5 rings (SSSR count). The number of carbonyl (C=O) groups is 2. The Kier molecular flexibility index (Phi) is 6.19. The highest BCUT2D eigenvalue weighted by Crippen LogP contribution is 2.31. The summed E-state index contributed by atoms with van der Waals surface area (Å²) in [6.45, 7) is 6.28. The second-order valence-corrected chi connectivity index (χ2v) is 9.91. The molecule has 184 valence electrons. The molecule has 3 unspecified atom stereocenters. The number of aliphatic imine (C=N–C) groups is 1. The number of likely N-dealkylation sites (tertiary alicyclic amines) is 1. The molecule has 0 saturated carbocycles. The van der Waals surface area contributed by atoms with Crippen molar-refractivity contribution in [2.45, 2.75) is 51.5 Å². The van der Waals surface area contributed by atoms with Crippen LogP contribution in [0, 0.1) is 0 Å². The SMILES string of the molecule is CC(C)=CCN1C(N2CCCC(N)C2)=NC2C1C(=O)N(Cc1cc3ccccc3cn1)C(=O)N2C. The van der Waals surface area contributed by atoms with E-state index in [0.29, 0.717) is 18.8 Å². The first-order valence-corrected chi connectivity index (χ1v) is 12.2. The van der Waals surface area contributed by atoms with Gasteiger partial charge in [-0.25, -0.2) is 9.79 Å². The Morgan fingerprint density at radius 1 is 1.20 bits per heavy atom. The summed E-state index contributed by atoms with van der Waals surface area (Å²) >= 11 is 0. The van der Waals surface area contributed by atoms with E-state index in [1.54, 1.807) is 18.1 Å². The summed E-state index contributed by atoms with van der Waals surface area (Å²) in [5, 5.41) is 2.05. The van der Waals surface area contributed by atoms with Crippen molar-refractivity contribution in [3.8, 4) is 0 Å². The van der Waals surface area contributed by atoms with Gasteiger partial charge >= 0.3 is 6.03 Å². The van der Waals surface area contributed by atoms with Crippen molar-refractivity contribution in [1.82, 2.24) is 24.6 Å². The van der Waals surface area contributed by atoms with E-state index >= 15 is 0 Å². The summed E-state index contributed by atoms with van der Waals surface area (Å²) in [6, 6.07) is 9.00. The van der Waals surface area contributed by atoms with Gasteiger partial charge in [0.15, 0.2) is 18.2 Å². The molecule has 0 bridgehead atoms. The molecular formula is C26H33N7O2. The molecule has 0 aliphatic carbocycles. The summed E-state index contributed by atoms with van der Waals surface area (Å²) in [5.41, 5.74) is 8.09. The predicted molar refractivity (Wildman–Crippen MR) is 135 cm³/mol. The van der Waals surface area contributed by atoms with Crippen LogP contribution in [0.25, 0.3) is 10.8 Å². The molecular weight excluding hydrogens is 442 g/mol. The lowest BCUT2D eigenvalue weighted by Crippen LogP contribution is -2.65. The lowest BCUT2D eigenvalue weighted by atomic mass is 10.1. The van der Waals surface area contributed by atoms with Crippen molar-refractivity contribution in [2.24, 2.45) is 10.7 Å². The molecule has 9 nitrogen and oxygen atoms in total. The van der Waals surface area contributed by atoms with E-state index in [-0.39, 0.29) is 24.5 Å². The molecule has 3 aliphatic heterocycles. The number of aromatic nitrogens is 1. The third-order valence-electron chi connectivity index (χ3n) is 7.02. The number of nitrogens with zero attached hydrogens (tertiary/aromatic N) is 6. The summed E-state index contributed by atoms with van der Waals surface area (Å²) < 4.78 is 0. The van der Waals surface area contributed by atoms with Crippen molar-refractivity contribution in [3.05, 3.63) is 53.9 Å². The molecule has 2 N–H and O–H groups in total. The van der Waals surface area contributed by atoms with Gasteiger partial charge in [-0.1, -0.05) is 35.9 Å². The van der Waals surface area contributed by atoms with Crippen LogP contribution in [0.4, 0.5) is 4.79 Å². The minimum Gasteiger partial charge on any atom is -0.341 e. The van der Waals surface area contributed by atoms with Crippen LogP contribution in [0.15, 0.2) is 53.2 Å². The van der Waals surface area contributed by atoms with Gasteiger partial charge in [-0.2, -0.15) is 0 Å². The number of guanidine groups is 1. The second kappa shape index (κ2) is 9.30. The van der Waals surface area contributed by atoms with Gasteiger partial charge in [0.05, 0.1) is 12.2 Å². The first kappa shape index (κ1) is 23.3. The number of nitrogens with two attached hydrogens (primary N) is 1. The number of rotatable bonds is 4. The maximum atomic E-state index is 13.9. The lowest BCUT2D eigenvalue weighted by Gasteiger charge is -2.42. The van der Waals surface area contributed by atoms with Crippen molar-refractivity contribution in [2.75, 3.05) is 26.7 Å². The van der Waals surface area contributed by atoms with E-state index in [4.69, 9.17) is 10.7 Å². The Balaban J connectivity index is 1.45. The Bertz CT molecular complexity index is 1210. The van der Waals surface area contributed by atoms with Crippen molar-refractivity contribution in [3.63, 3.8) is 0 Å². The van der Waals surface area contributed by atoms with Crippen LogP contribution in [0.1, 0.15) is 32.4 Å². The monoisotopic (exact) mass is 475 g/mol. The molecule has 3 aliphatic rings. The van der Waals surface area contributed by atoms with Gasteiger partial charge in [-0.3, -0.25) is 14.7 Å². The fraction of sp³-hybridized carbons (Fsp3) is 0.462. The summed E-state index contributed by atoms with van der Waals surface area (Å²) in [6.07, 6.45) is 5.28. The van der Waals surface area contributed by atoms with Crippen LogP contribution in [-0.2, 0) is 11.3 Å². The quantitative estimate of drug-likeness (QED) is 0.682. The zero-order valence-corrected chi connectivity index (χ0v) is 20.6. The fourth-order valence-electron chi connectivity index (χ4n) is 5.12. The molecule has 3 amide bonds. The average molecular weight is 476 g/mol. The van der Waals surface area contributed by atoms with Crippen LogP contribution in [0.2, 0.25) is 0 Å². The van der Waals surface area contributed by atoms with E-state index in [1.807, 2.05) is 49.1 Å². The third-order valence-corrected chi connectivity index (χ3v) is 7.02. The Morgan fingerprint density at radius 3 is 2.71 bits per heavy atom. The zero-order chi connectivity index (χ0) is 24.7. The number of hydrogen-bond acceptors (Lipinski definition) is 7. The van der Waals surface area contributed by atoms with Crippen LogP contribution in [-0.4, -0.2) is 87.4 Å². The van der Waals surface area contributed by atoms with Crippen molar-refractivity contribution in [1.29, 1.82) is 0 Å². The van der Waals surface area contributed by atoms with E-state index in [0.717, 1.165) is 41.7 Å². The second-order valence-electron chi connectivity index (χ2n) is 9.91. The van der Waals surface area contributed by atoms with Gasteiger partial charge in [-0.05, 0) is 38.1 Å². The standard InChI is InChI=1S/C26H33N7O2/c1-17(2)10-12-32-22-23(29-25(32)31-11-6-9-20(27)15-31)30(3)26(35)33(24(22)34)16-21-13-18-7-4-5-8-19(18)14-28-21/h4-5,7-8,10,13-14,20,22-23H,6,9,11-12,15-16,27H2,1-3H3. The fourth-order valence-corrected chi connectivity index (χ4v) is 5.12. The number of urea groups is 1. The van der Waals surface area contributed by atoms with Gasteiger partial charge in [-0.15, -0.1) is 0 Å². The normalized spacial score (nSPS) is 24.7. The van der Waals surface area contributed by atoms with Gasteiger partial charge in [0, 0.05) is 44.3 Å². The van der Waals surface area contributed by atoms with Gasteiger partial charge in [0.25, 0.3) is 5.91 Å². The summed E-state index contributed by atoms with van der Waals surface area (Å²) in [5.74, 6) is 0.515. The lowest BCUT2D eigenvalue weighted by molar-refractivity contribution is -0.138. The molecule has 2 saturated heterocycles. The highest BCUT2D eigenvalue weighted by Gasteiger charge is 2.52. The first-order valence-electron chi connectivity index (χ1n) is 12.2.